The average molecular weight is 384 g/mol. The van der Waals surface area contributed by atoms with Gasteiger partial charge >= 0.3 is 0 Å². The Hall–Kier alpha value is -2.58. The maximum atomic E-state index is 12.5. The summed E-state index contributed by atoms with van der Waals surface area (Å²) in [5, 5.41) is 3.88. The van der Waals surface area contributed by atoms with E-state index < -0.39 is 0 Å². The first-order valence-corrected chi connectivity index (χ1v) is 9.69. The standard InChI is InChI=1S/C18H16N4O2S2/c1-10(16(23)22-18-20-13-5-3-4-6-15(13)26-18)25-17-19-12-8-7-11(24-2)9-14(12)21-17/h3-10H,1-2H3,(H,19,21)(H,20,22,23). The second-order valence-corrected chi connectivity index (χ2v) is 8.02. The number of benzene rings is 2. The maximum Gasteiger partial charge on any atom is 0.239 e. The number of amides is 1. The van der Waals surface area contributed by atoms with Crippen molar-refractivity contribution in [3.8, 4) is 5.75 Å². The molecule has 2 N–H and O–H groups in total. The van der Waals surface area contributed by atoms with Gasteiger partial charge < -0.3 is 15.0 Å². The van der Waals surface area contributed by atoms with Gasteiger partial charge in [-0.15, -0.1) is 0 Å². The van der Waals surface area contributed by atoms with Crippen LogP contribution in [0.5, 0.6) is 5.75 Å². The van der Waals surface area contributed by atoms with Crippen LogP contribution in [0.25, 0.3) is 21.3 Å². The maximum absolute atomic E-state index is 12.5. The number of nitrogens with one attached hydrogen (secondary N) is 2. The van der Waals surface area contributed by atoms with Crippen LogP contribution in [0.1, 0.15) is 6.92 Å². The summed E-state index contributed by atoms with van der Waals surface area (Å²) in [6.45, 7) is 1.85. The summed E-state index contributed by atoms with van der Waals surface area (Å²) < 4.78 is 6.27. The predicted octanol–water partition coefficient (Wildman–Crippen LogP) is 4.30. The fourth-order valence-electron chi connectivity index (χ4n) is 2.50. The zero-order chi connectivity index (χ0) is 18.1. The zero-order valence-electron chi connectivity index (χ0n) is 14.1. The van der Waals surface area contributed by atoms with Crippen LogP contribution in [0, 0.1) is 0 Å². The number of ether oxygens (including phenoxy) is 1. The Morgan fingerprint density at radius 3 is 2.88 bits per heavy atom. The minimum atomic E-state index is -0.315. The van der Waals surface area contributed by atoms with E-state index in [0.717, 1.165) is 27.0 Å². The van der Waals surface area contributed by atoms with Gasteiger partial charge in [-0.3, -0.25) is 4.79 Å². The number of fused-ring (bicyclic) bond motifs is 2. The quantitative estimate of drug-likeness (QED) is 0.502. The van der Waals surface area contributed by atoms with E-state index in [9.17, 15) is 4.79 Å². The van der Waals surface area contributed by atoms with Crippen LogP contribution in [0.4, 0.5) is 5.13 Å². The number of hydrogen-bond acceptors (Lipinski definition) is 6. The fraction of sp³-hybridized carbons (Fsp3) is 0.167. The van der Waals surface area contributed by atoms with Crippen molar-refractivity contribution in [2.75, 3.05) is 12.4 Å². The lowest BCUT2D eigenvalue weighted by molar-refractivity contribution is -0.115. The first-order chi connectivity index (χ1) is 12.6. The summed E-state index contributed by atoms with van der Waals surface area (Å²) in [6.07, 6.45) is 0. The highest BCUT2D eigenvalue weighted by atomic mass is 32.2. The van der Waals surface area contributed by atoms with Crippen LogP contribution < -0.4 is 10.1 Å². The van der Waals surface area contributed by atoms with Gasteiger partial charge in [-0.1, -0.05) is 35.2 Å². The number of carbonyl (C=O) groups is 1. The first kappa shape index (κ1) is 16.9. The molecule has 4 rings (SSSR count). The second-order valence-electron chi connectivity index (χ2n) is 5.66. The number of carbonyl (C=O) groups excluding carboxylic acids is 1. The van der Waals surface area contributed by atoms with Crippen LogP contribution in [-0.4, -0.2) is 33.2 Å². The molecule has 0 fully saturated rings. The molecule has 0 saturated carbocycles. The third kappa shape index (κ3) is 3.38. The molecule has 132 valence electrons. The largest absolute Gasteiger partial charge is 0.497 e. The summed E-state index contributed by atoms with van der Waals surface area (Å²) in [5.74, 6) is 0.659. The van der Waals surface area contributed by atoms with Gasteiger partial charge in [0.1, 0.15) is 5.75 Å². The molecular weight excluding hydrogens is 368 g/mol. The summed E-state index contributed by atoms with van der Waals surface area (Å²) in [4.78, 5) is 24.6. The SMILES string of the molecule is COc1ccc2nc(SC(C)C(=O)Nc3nc4ccccc4s3)[nH]c2c1. The third-order valence-electron chi connectivity index (χ3n) is 3.85. The topological polar surface area (TPSA) is 79.9 Å². The molecule has 8 heteroatoms. The lowest BCUT2D eigenvalue weighted by atomic mass is 10.3. The molecule has 1 unspecified atom stereocenters. The van der Waals surface area contributed by atoms with Crippen LogP contribution in [0.15, 0.2) is 47.6 Å². The number of aromatic amines is 1. The number of hydrogen-bond donors (Lipinski definition) is 2. The second kappa shape index (κ2) is 6.97. The highest BCUT2D eigenvalue weighted by Gasteiger charge is 2.18. The molecule has 0 spiro atoms. The van der Waals surface area contributed by atoms with Crippen molar-refractivity contribution >= 4 is 55.4 Å². The highest BCUT2D eigenvalue weighted by Crippen LogP contribution is 2.28. The Kier molecular flexibility index (Phi) is 4.52. The molecule has 0 aliphatic carbocycles. The van der Waals surface area contributed by atoms with Crippen molar-refractivity contribution in [1.82, 2.24) is 15.0 Å². The van der Waals surface area contributed by atoms with E-state index in [4.69, 9.17) is 4.74 Å². The summed E-state index contributed by atoms with van der Waals surface area (Å²) in [6, 6.07) is 13.5. The van der Waals surface area contributed by atoms with E-state index >= 15 is 0 Å². The molecule has 4 aromatic rings. The van der Waals surface area contributed by atoms with Gasteiger partial charge in [-0.2, -0.15) is 0 Å². The van der Waals surface area contributed by atoms with Crippen LogP contribution in [0.3, 0.4) is 0 Å². The Balaban J connectivity index is 1.46. The van der Waals surface area contributed by atoms with Crippen molar-refractivity contribution in [3.05, 3.63) is 42.5 Å². The number of rotatable bonds is 5. The number of aromatic nitrogens is 3. The molecule has 2 aromatic carbocycles. The molecule has 1 atom stereocenters. The lowest BCUT2D eigenvalue weighted by Crippen LogP contribution is -2.22. The van der Waals surface area contributed by atoms with Gasteiger partial charge in [0.2, 0.25) is 5.91 Å². The average Bonchev–Trinajstić information content (AvgIpc) is 3.23. The minimum Gasteiger partial charge on any atom is -0.497 e. The number of thioether (sulfide) groups is 1. The first-order valence-electron chi connectivity index (χ1n) is 7.99. The third-order valence-corrected chi connectivity index (χ3v) is 5.79. The van der Waals surface area contributed by atoms with Crippen molar-refractivity contribution < 1.29 is 9.53 Å². The Labute approximate surface area is 158 Å². The molecule has 0 bridgehead atoms. The van der Waals surface area contributed by atoms with Crippen molar-refractivity contribution in [2.45, 2.75) is 17.3 Å². The minimum absolute atomic E-state index is 0.105. The zero-order valence-corrected chi connectivity index (χ0v) is 15.8. The molecule has 1 amide bonds. The predicted molar refractivity (Wildman–Crippen MR) is 106 cm³/mol. The monoisotopic (exact) mass is 384 g/mol. The van der Waals surface area contributed by atoms with Crippen molar-refractivity contribution in [3.63, 3.8) is 0 Å². The van der Waals surface area contributed by atoms with Crippen molar-refractivity contribution in [1.29, 1.82) is 0 Å². The van der Waals surface area contributed by atoms with E-state index in [1.54, 1.807) is 7.11 Å². The molecule has 0 aliphatic heterocycles. The molecule has 0 aliphatic rings. The molecule has 0 radical (unpaired) electrons. The van der Waals surface area contributed by atoms with Crippen LogP contribution in [-0.2, 0) is 4.79 Å². The number of nitrogens with zero attached hydrogens (tertiary/aromatic N) is 2. The molecule has 0 saturated heterocycles. The number of para-hydroxylation sites is 1. The normalized spacial score (nSPS) is 12.4. The molecule has 26 heavy (non-hydrogen) atoms. The van der Waals surface area contributed by atoms with E-state index in [-0.39, 0.29) is 11.2 Å². The number of H-pyrrole nitrogens is 1. The van der Waals surface area contributed by atoms with Crippen LogP contribution >= 0.6 is 23.1 Å². The number of thiazole rings is 1. The van der Waals surface area contributed by atoms with E-state index in [0.29, 0.717) is 10.3 Å². The molecule has 6 nitrogen and oxygen atoms in total. The van der Waals surface area contributed by atoms with E-state index in [1.807, 2.05) is 49.4 Å². The Morgan fingerprint density at radius 2 is 2.08 bits per heavy atom. The number of methoxy groups -OCH3 is 1. The number of anilines is 1. The van der Waals surface area contributed by atoms with Gasteiger partial charge in [-0.05, 0) is 31.2 Å². The summed E-state index contributed by atoms with van der Waals surface area (Å²) in [7, 11) is 1.63. The van der Waals surface area contributed by atoms with Crippen LogP contribution in [0.2, 0.25) is 0 Å². The molecular formula is C18H16N4O2S2. The number of imidazole rings is 1. The molecule has 2 aromatic heterocycles. The van der Waals surface area contributed by atoms with Crippen molar-refractivity contribution in [2.24, 2.45) is 0 Å². The van der Waals surface area contributed by atoms with Gasteiger partial charge in [0.05, 0.1) is 33.6 Å². The van der Waals surface area contributed by atoms with E-state index in [1.165, 1.54) is 23.1 Å². The van der Waals surface area contributed by atoms with Gasteiger partial charge in [0.25, 0.3) is 0 Å². The van der Waals surface area contributed by atoms with Gasteiger partial charge in [-0.25, -0.2) is 9.97 Å². The molecule has 2 heterocycles. The Morgan fingerprint density at radius 1 is 1.23 bits per heavy atom. The summed E-state index contributed by atoms with van der Waals surface area (Å²) >= 11 is 2.84. The van der Waals surface area contributed by atoms with Gasteiger partial charge in [0, 0.05) is 6.07 Å². The van der Waals surface area contributed by atoms with E-state index in [2.05, 4.69) is 20.3 Å². The van der Waals surface area contributed by atoms with Gasteiger partial charge in [0.15, 0.2) is 10.3 Å². The smallest absolute Gasteiger partial charge is 0.239 e. The summed E-state index contributed by atoms with van der Waals surface area (Å²) in [5.41, 5.74) is 2.61. The fourth-order valence-corrected chi connectivity index (χ4v) is 4.19. The highest BCUT2D eigenvalue weighted by molar-refractivity contribution is 8.00. The Bertz CT molecular complexity index is 1060. The lowest BCUT2D eigenvalue weighted by Gasteiger charge is -2.08.